The Labute approximate surface area is 211 Å². The number of carbonyl (C=O) groups is 2. The van der Waals surface area contributed by atoms with Gasteiger partial charge in [0.15, 0.2) is 0 Å². The fourth-order valence-electron chi connectivity index (χ4n) is 4.03. The van der Waals surface area contributed by atoms with Crippen molar-refractivity contribution in [1.29, 1.82) is 0 Å². The summed E-state index contributed by atoms with van der Waals surface area (Å²) in [6.45, 7) is 7.09. The number of hydrogen-bond donors (Lipinski definition) is 1. The Hall–Kier alpha value is -3.51. The number of aryl methyl sites for hydroxylation is 1. The molecule has 0 bridgehead atoms. The van der Waals surface area contributed by atoms with Crippen LogP contribution in [0.5, 0.6) is 0 Å². The molecule has 35 heavy (non-hydrogen) atoms. The molecule has 1 saturated heterocycles. The molecule has 2 amide bonds. The molecule has 1 aromatic heterocycles. The molecule has 0 saturated carbocycles. The first-order valence-corrected chi connectivity index (χ1v) is 12.3. The van der Waals surface area contributed by atoms with Crippen molar-refractivity contribution in [2.24, 2.45) is 0 Å². The second-order valence-corrected chi connectivity index (χ2v) is 9.06. The summed E-state index contributed by atoms with van der Waals surface area (Å²) in [5.74, 6) is 1.28. The zero-order chi connectivity index (χ0) is 24.8. The Kier molecular flexibility index (Phi) is 7.93. The van der Waals surface area contributed by atoms with Crippen LogP contribution in [-0.2, 0) is 9.59 Å². The van der Waals surface area contributed by atoms with Crippen LogP contribution in [0.15, 0.2) is 65.1 Å². The van der Waals surface area contributed by atoms with Crippen molar-refractivity contribution >= 4 is 40.9 Å². The summed E-state index contributed by atoms with van der Waals surface area (Å²) < 4.78 is 5.83. The van der Waals surface area contributed by atoms with Crippen LogP contribution in [0.4, 0.5) is 11.4 Å². The van der Waals surface area contributed by atoms with E-state index >= 15 is 0 Å². The van der Waals surface area contributed by atoms with Crippen molar-refractivity contribution in [3.63, 3.8) is 0 Å². The minimum Gasteiger partial charge on any atom is -0.457 e. The predicted octanol–water partition coefficient (Wildman–Crippen LogP) is 6.01. The van der Waals surface area contributed by atoms with Crippen molar-refractivity contribution in [3.8, 4) is 11.3 Å². The normalized spacial score (nSPS) is 13.9. The lowest BCUT2D eigenvalue weighted by Crippen LogP contribution is -2.48. The van der Waals surface area contributed by atoms with Gasteiger partial charge in [0.25, 0.3) is 0 Å². The van der Waals surface area contributed by atoms with Gasteiger partial charge in [-0.1, -0.05) is 30.7 Å². The van der Waals surface area contributed by atoms with Gasteiger partial charge < -0.3 is 19.5 Å². The average Bonchev–Trinajstić information content (AvgIpc) is 3.34. The molecule has 4 rings (SSSR count). The van der Waals surface area contributed by atoms with E-state index in [0.717, 1.165) is 55.1 Å². The number of halogens is 1. The zero-order valence-corrected chi connectivity index (χ0v) is 20.8. The summed E-state index contributed by atoms with van der Waals surface area (Å²) in [4.78, 5) is 28.7. The fraction of sp³-hybridized carbons (Fsp3) is 0.286. The Morgan fingerprint density at radius 1 is 1.03 bits per heavy atom. The van der Waals surface area contributed by atoms with E-state index in [9.17, 15) is 9.59 Å². The molecule has 0 atom stereocenters. The first-order valence-electron chi connectivity index (χ1n) is 11.9. The van der Waals surface area contributed by atoms with Crippen molar-refractivity contribution in [2.45, 2.75) is 26.7 Å². The largest absolute Gasteiger partial charge is 0.457 e. The summed E-state index contributed by atoms with van der Waals surface area (Å²) in [6, 6.07) is 17.2. The van der Waals surface area contributed by atoms with E-state index in [4.69, 9.17) is 16.0 Å². The molecule has 1 fully saturated rings. The van der Waals surface area contributed by atoms with Crippen LogP contribution in [-0.4, -0.2) is 42.9 Å². The second-order valence-electron chi connectivity index (χ2n) is 8.65. The predicted molar refractivity (Wildman–Crippen MR) is 142 cm³/mol. The molecule has 0 aliphatic carbocycles. The Bertz CT molecular complexity index is 1210. The van der Waals surface area contributed by atoms with E-state index in [2.05, 4.69) is 10.2 Å². The summed E-state index contributed by atoms with van der Waals surface area (Å²) >= 11 is 6.21. The Balaban J connectivity index is 1.29. The summed E-state index contributed by atoms with van der Waals surface area (Å²) in [7, 11) is 0. The highest BCUT2D eigenvalue weighted by Crippen LogP contribution is 2.27. The van der Waals surface area contributed by atoms with Crippen LogP contribution in [0.1, 0.15) is 31.1 Å². The monoisotopic (exact) mass is 491 g/mol. The number of carbonyl (C=O) groups excluding carboxylic acids is 2. The average molecular weight is 492 g/mol. The highest BCUT2D eigenvalue weighted by Gasteiger charge is 2.20. The maximum Gasteiger partial charge on any atom is 0.248 e. The van der Waals surface area contributed by atoms with Gasteiger partial charge in [-0.3, -0.25) is 9.59 Å². The maximum absolute atomic E-state index is 12.4. The molecule has 1 N–H and O–H groups in total. The van der Waals surface area contributed by atoms with Gasteiger partial charge in [-0.15, -0.1) is 0 Å². The van der Waals surface area contributed by atoms with Gasteiger partial charge in [-0.25, -0.2) is 0 Å². The van der Waals surface area contributed by atoms with Crippen LogP contribution in [0, 0.1) is 6.92 Å². The number of furan rings is 1. The highest BCUT2D eigenvalue weighted by atomic mass is 35.5. The summed E-state index contributed by atoms with van der Waals surface area (Å²) in [5.41, 5.74) is 3.70. The molecular weight excluding hydrogens is 462 g/mol. The number of piperazine rings is 1. The van der Waals surface area contributed by atoms with E-state index < -0.39 is 0 Å². The smallest absolute Gasteiger partial charge is 0.248 e. The minimum absolute atomic E-state index is 0.239. The Morgan fingerprint density at radius 3 is 2.46 bits per heavy atom. The zero-order valence-electron chi connectivity index (χ0n) is 20.1. The van der Waals surface area contributed by atoms with Crippen molar-refractivity contribution < 1.29 is 14.0 Å². The van der Waals surface area contributed by atoms with Gasteiger partial charge in [-0.05, 0) is 67.4 Å². The van der Waals surface area contributed by atoms with Crippen LogP contribution < -0.4 is 10.2 Å². The van der Waals surface area contributed by atoms with Gasteiger partial charge in [0.2, 0.25) is 11.8 Å². The first-order chi connectivity index (χ1) is 16.9. The third kappa shape index (κ3) is 6.34. The van der Waals surface area contributed by atoms with Crippen LogP contribution >= 0.6 is 11.6 Å². The van der Waals surface area contributed by atoms with Crippen LogP contribution in [0.3, 0.4) is 0 Å². The Morgan fingerprint density at radius 2 is 1.77 bits per heavy atom. The van der Waals surface area contributed by atoms with Gasteiger partial charge >= 0.3 is 0 Å². The van der Waals surface area contributed by atoms with Crippen molar-refractivity contribution in [2.75, 3.05) is 36.4 Å². The minimum atomic E-state index is -0.239. The fourth-order valence-corrected chi connectivity index (χ4v) is 4.21. The van der Waals surface area contributed by atoms with E-state index in [1.54, 1.807) is 6.08 Å². The third-order valence-corrected chi connectivity index (χ3v) is 6.49. The molecule has 0 radical (unpaired) electrons. The molecule has 6 nitrogen and oxygen atoms in total. The van der Waals surface area contributed by atoms with Crippen molar-refractivity contribution in [1.82, 2.24) is 4.90 Å². The van der Waals surface area contributed by atoms with E-state index in [1.165, 1.54) is 6.08 Å². The molecule has 3 aromatic rings. The quantitative estimate of drug-likeness (QED) is 0.411. The van der Waals surface area contributed by atoms with Gasteiger partial charge in [-0.2, -0.15) is 0 Å². The van der Waals surface area contributed by atoms with Crippen LogP contribution in [0.2, 0.25) is 5.02 Å². The molecule has 0 unspecified atom stereocenters. The van der Waals surface area contributed by atoms with E-state index in [-0.39, 0.29) is 11.8 Å². The number of benzene rings is 2. The molecule has 7 heteroatoms. The van der Waals surface area contributed by atoms with Gasteiger partial charge in [0.1, 0.15) is 11.5 Å². The lowest BCUT2D eigenvalue weighted by atomic mass is 10.1. The number of nitrogens with one attached hydrogen (secondary N) is 1. The molecule has 0 spiro atoms. The maximum atomic E-state index is 12.4. The SMILES string of the molecule is CCCC(=O)N1CCN(c2ccc(NC(=O)/C=C/c3ccc(-c4ccc(C)c(Cl)c4)o3)cc2)CC1. The number of rotatable bonds is 7. The number of amides is 2. The number of anilines is 2. The number of hydrogen-bond acceptors (Lipinski definition) is 4. The lowest BCUT2D eigenvalue weighted by molar-refractivity contribution is -0.131. The van der Waals surface area contributed by atoms with Gasteiger partial charge in [0.05, 0.1) is 0 Å². The molecule has 1 aliphatic heterocycles. The topological polar surface area (TPSA) is 65.8 Å². The standard InChI is InChI=1S/C28H30ClN3O3/c1-3-4-28(34)32-17-15-31(16-18-32)23-9-7-22(8-10-23)30-27(33)14-12-24-11-13-26(35-24)21-6-5-20(2)25(29)19-21/h5-14,19H,3-4,15-18H2,1-2H3,(H,30,33)/b14-12+. The second kappa shape index (κ2) is 11.3. The van der Waals surface area contributed by atoms with E-state index in [1.807, 2.05) is 73.3 Å². The molecule has 182 valence electrons. The first kappa shape index (κ1) is 24.6. The molecule has 2 heterocycles. The van der Waals surface area contributed by atoms with Gasteiger partial charge in [0, 0.05) is 60.6 Å². The highest BCUT2D eigenvalue weighted by molar-refractivity contribution is 6.31. The van der Waals surface area contributed by atoms with Crippen molar-refractivity contribution in [3.05, 3.63) is 77.0 Å². The molecule has 1 aliphatic rings. The summed E-state index contributed by atoms with van der Waals surface area (Å²) in [6.07, 6.45) is 4.59. The lowest BCUT2D eigenvalue weighted by Gasteiger charge is -2.36. The number of nitrogens with zero attached hydrogens (tertiary/aromatic N) is 2. The van der Waals surface area contributed by atoms with E-state index in [0.29, 0.717) is 23.0 Å². The van der Waals surface area contributed by atoms with Crippen LogP contribution in [0.25, 0.3) is 17.4 Å². The molecular formula is C28H30ClN3O3. The third-order valence-electron chi connectivity index (χ3n) is 6.08. The molecule has 2 aromatic carbocycles. The summed E-state index contributed by atoms with van der Waals surface area (Å²) in [5, 5.41) is 3.56.